The molecule has 1 aliphatic carbocycles. The van der Waals surface area contributed by atoms with Crippen molar-refractivity contribution in [2.24, 2.45) is 5.92 Å². The minimum atomic E-state index is -0.653. The summed E-state index contributed by atoms with van der Waals surface area (Å²) in [7, 11) is 1.41. The Bertz CT molecular complexity index is 1040. The first-order valence-corrected chi connectivity index (χ1v) is 9.17. The van der Waals surface area contributed by atoms with Gasteiger partial charge in [-0.05, 0) is 48.6 Å². The van der Waals surface area contributed by atoms with Crippen LogP contribution in [0.25, 0.3) is 10.7 Å². The third-order valence-corrected chi connectivity index (χ3v) is 5.51. The first-order valence-electron chi connectivity index (χ1n) is 8.35. The van der Waals surface area contributed by atoms with Gasteiger partial charge in [-0.15, -0.1) is 11.3 Å². The minimum absolute atomic E-state index is 0.170. The van der Waals surface area contributed by atoms with E-state index in [9.17, 15) is 14.0 Å². The highest BCUT2D eigenvalue weighted by molar-refractivity contribution is 7.17. The van der Waals surface area contributed by atoms with E-state index >= 15 is 0 Å². The molecule has 0 spiro atoms. The Kier molecular flexibility index (Phi) is 4.53. The zero-order valence-corrected chi connectivity index (χ0v) is 15.1. The van der Waals surface area contributed by atoms with E-state index in [2.05, 4.69) is 20.0 Å². The Morgan fingerprint density at radius 2 is 2.22 bits per heavy atom. The topological polar surface area (TPSA) is 97.2 Å². The van der Waals surface area contributed by atoms with Crippen LogP contribution in [0.4, 0.5) is 4.39 Å². The molecule has 1 amide bonds. The highest BCUT2D eigenvalue weighted by Crippen LogP contribution is 2.42. The number of halogens is 1. The number of hydrogen-bond donors (Lipinski definition) is 2. The van der Waals surface area contributed by atoms with E-state index in [4.69, 9.17) is 4.74 Å². The number of benzene rings is 1. The van der Waals surface area contributed by atoms with Crippen molar-refractivity contribution in [1.82, 2.24) is 15.5 Å². The van der Waals surface area contributed by atoms with Gasteiger partial charge in [0.2, 0.25) is 0 Å². The number of H-pyrrole nitrogens is 1. The lowest BCUT2D eigenvalue weighted by Gasteiger charge is -2.19. The maximum atomic E-state index is 14.1. The molecule has 9 heteroatoms. The van der Waals surface area contributed by atoms with Crippen LogP contribution >= 0.6 is 11.3 Å². The van der Waals surface area contributed by atoms with E-state index in [0.717, 1.165) is 12.8 Å². The van der Waals surface area contributed by atoms with Crippen molar-refractivity contribution in [2.45, 2.75) is 18.9 Å². The summed E-state index contributed by atoms with van der Waals surface area (Å²) in [6, 6.07) is 7.81. The van der Waals surface area contributed by atoms with Crippen molar-refractivity contribution in [3.63, 3.8) is 0 Å². The Labute approximate surface area is 157 Å². The number of carbonyl (C=O) groups excluding carboxylic acids is 1. The maximum Gasteiger partial charge on any atom is 0.439 e. The van der Waals surface area contributed by atoms with Gasteiger partial charge >= 0.3 is 5.76 Å². The van der Waals surface area contributed by atoms with E-state index in [1.54, 1.807) is 24.3 Å². The number of rotatable bonds is 6. The van der Waals surface area contributed by atoms with Crippen LogP contribution in [0.5, 0.6) is 5.75 Å². The number of ether oxygens (including phenoxy) is 1. The number of thiophene rings is 1. The zero-order chi connectivity index (χ0) is 19.0. The van der Waals surface area contributed by atoms with Gasteiger partial charge in [-0.2, -0.15) is 0 Å². The van der Waals surface area contributed by atoms with E-state index < -0.39 is 11.6 Å². The molecular weight excluding hydrogens is 373 g/mol. The number of nitrogens with zero attached hydrogens (tertiary/aromatic N) is 1. The predicted molar refractivity (Wildman–Crippen MR) is 96.3 cm³/mol. The summed E-state index contributed by atoms with van der Waals surface area (Å²) in [4.78, 5) is 27.3. The summed E-state index contributed by atoms with van der Waals surface area (Å²) in [5.74, 6) is -0.634. The number of amides is 1. The lowest BCUT2D eigenvalue weighted by Crippen LogP contribution is -2.29. The second-order valence-electron chi connectivity index (χ2n) is 6.29. The molecule has 1 aromatic carbocycles. The van der Waals surface area contributed by atoms with Crippen LogP contribution in [0.2, 0.25) is 0 Å². The monoisotopic (exact) mass is 389 g/mol. The number of nitrogens with one attached hydrogen (secondary N) is 2. The summed E-state index contributed by atoms with van der Waals surface area (Å²) < 4.78 is 23.5. The fourth-order valence-corrected chi connectivity index (χ4v) is 3.76. The summed E-state index contributed by atoms with van der Waals surface area (Å²) in [5.41, 5.74) is 0.710. The lowest BCUT2D eigenvalue weighted by atomic mass is 10.0. The number of aromatic amines is 1. The average molecular weight is 389 g/mol. The molecule has 0 aliphatic heterocycles. The third-order valence-electron chi connectivity index (χ3n) is 4.42. The van der Waals surface area contributed by atoms with Gasteiger partial charge < -0.3 is 10.1 Å². The minimum Gasteiger partial charge on any atom is -0.494 e. The Morgan fingerprint density at radius 1 is 1.41 bits per heavy atom. The smallest absolute Gasteiger partial charge is 0.439 e. The highest BCUT2D eigenvalue weighted by Gasteiger charge is 2.34. The van der Waals surface area contributed by atoms with Crippen LogP contribution in [0.1, 0.15) is 34.1 Å². The van der Waals surface area contributed by atoms with Crippen LogP contribution in [-0.4, -0.2) is 23.2 Å². The van der Waals surface area contributed by atoms with Gasteiger partial charge in [0, 0.05) is 0 Å². The predicted octanol–water partition coefficient (Wildman–Crippen LogP) is 3.12. The maximum absolute atomic E-state index is 14.1. The molecule has 2 aromatic heterocycles. The van der Waals surface area contributed by atoms with Gasteiger partial charge in [0.15, 0.2) is 17.4 Å². The summed E-state index contributed by atoms with van der Waals surface area (Å²) in [5, 5.41) is 6.61. The molecular formula is C18H16FN3O4S. The summed E-state index contributed by atoms with van der Waals surface area (Å²) in [6.07, 6.45) is 1.96. The van der Waals surface area contributed by atoms with Crippen molar-refractivity contribution in [2.75, 3.05) is 7.11 Å². The van der Waals surface area contributed by atoms with Crippen molar-refractivity contribution in [1.29, 1.82) is 0 Å². The van der Waals surface area contributed by atoms with Gasteiger partial charge in [-0.3, -0.25) is 14.3 Å². The molecule has 4 rings (SSSR count). The molecule has 7 nitrogen and oxygen atoms in total. The van der Waals surface area contributed by atoms with Crippen LogP contribution < -0.4 is 15.8 Å². The molecule has 1 aliphatic rings. The highest BCUT2D eigenvalue weighted by atomic mass is 32.1. The molecule has 0 radical (unpaired) electrons. The van der Waals surface area contributed by atoms with Gasteiger partial charge in [-0.25, -0.2) is 9.18 Å². The Hall–Kier alpha value is -2.94. The molecule has 27 heavy (non-hydrogen) atoms. The molecule has 2 N–H and O–H groups in total. The van der Waals surface area contributed by atoms with Crippen LogP contribution in [0.15, 0.2) is 39.6 Å². The second-order valence-corrected chi connectivity index (χ2v) is 7.37. The molecule has 140 valence electrons. The summed E-state index contributed by atoms with van der Waals surface area (Å²) in [6.45, 7) is 0. The van der Waals surface area contributed by atoms with Gasteiger partial charge in [-0.1, -0.05) is 11.2 Å². The Morgan fingerprint density at radius 3 is 2.85 bits per heavy atom. The number of aromatic nitrogens is 2. The zero-order valence-electron chi connectivity index (χ0n) is 14.3. The first kappa shape index (κ1) is 17.5. The van der Waals surface area contributed by atoms with Crippen LogP contribution in [-0.2, 0) is 0 Å². The second kappa shape index (κ2) is 6.99. The Balaban J connectivity index is 1.54. The normalized spacial score (nSPS) is 14.7. The molecule has 1 unspecified atom stereocenters. The molecule has 0 saturated heterocycles. The van der Waals surface area contributed by atoms with E-state index in [0.29, 0.717) is 15.3 Å². The van der Waals surface area contributed by atoms with E-state index in [1.165, 1.54) is 24.5 Å². The van der Waals surface area contributed by atoms with E-state index in [-0.39, 0.29) is 29.4 Å². The van der Waals surface area contributed by atoms with E-state index in [1.807, 2.05) is 0 Å². The lowest BCUT2D eigenvalue weighted by molar-refractivity contribution is 0.0935. The van der Waals surface area contributed by atoms with Gasteiger partial charge in [0.05, 0.1) is 22.9 Å². The number of carbonyl (C=O) groups is 1. The molecule has 1 saturated carbocycles. The van der Waals surface area contributed by atoms with Crippen LogP contribution in [0.3, 0.4) is 0 Å². The van der Waals surface area contributed by atoms with Crippen molar-refractivity contribution in [3.05, 3.63) is 57.1 Å². The number of hydrogen-bond acceptors (Lipinski definition) is 6. The SMILES string of the molecule is COc1ccc(C(NC(=O)c2ccc(-c3noc(=O)[nH]3)s2)C2CC2)cc1F. The van der Waals surface area contributed by atoms with Crippen molar-refractivity contribution >= 4 is 17.2 Å². The molecule has 1 atom stereocenters. The van der Waals surface area contributed by atoms with Crippen LogP contribution in [0, 0.1) is 11.7 Å². The average Bonchev–Trinajstić information content (AvgIpc) is 3.20. The fraction of sp³-hybridized carbons (Fsp3) is 0.278. The summed E-state index contributed by atoms with van der Waals surface area (Å²) >= 11 is 1.19. The van der Waals surface area contributed by atoms with Crippen molar-refractivity contribution < 1.29 is 18.4 Å². The van der Waals surface area contributed by atoms with Gasteiger partial charge in [0.25, 0.3) is 5.91 Å². The fourth-order valence-electron chi connectivity index (χ4n) is 2.91. The third kappa shape index (κ3) is 3.63. The largest absolute Gasteiger partial charge is 0.494 e. The molecule has 2 heterocycles. The first-order chi connectivity index (χ1) is 13.0. The molecule has 1 fully saturated rings. The van der Waals surface area contributed by atoms with Gasteiger partial charge in [0.1, 0.15) is 0 Å². The molecule has 3 aromatic rings. The van der Waals surface area contributed by atoms with Crippen molar-refractivity contribution in [3.8, 4) is 16.5 Å². The molecule has 0 bridgehead atoms. The standard InChI is InChI=1S/C18H16FN3O4S/c1-25-12-5-4-10(8-11(12)19)15(9-2-3-9)20-17(23)14-7-6-13(27-14)16-21-18(24)26-22-16/h4-9,15H,2-3H2,1H3,(H,20,23)(H,21,22,24). The quantitative estimate of drug-likeness (QED) is 0.675. The number of methoxy groups -OCH3 is 1.